The monoisotopic (exact) mass is 523 g/mol. The quantitative estimate of drug-likeness (QED) is 0.301. The van der Waals surface area contributed by atoms with Gasteiger partial charge < -0.3 is 19.7 Å². The Morgan fingerprint density at radius 1 is 1.15 bits per heavy atom. The second-order valence-corrected chi connectivity index (χ2v) is 8.81. The number of esters is 1. The van der Waals surface area contributed by atoms with Gasteiger partial charge in [-0.15, -0.1) is 0 Å². The highest BCUT2D eigenvalue weighted by molar-refractivity contribution is 6.37. The van der Waals surface area contributed by atoms with Crippen molar-refractivity contribution in [3.05, 3.63) is 79.8 Å². The summed E-state index contributed by atoms with van der Waals surface area (Å²) in [4.78, 5) is 28.0. The van der Waals surface area contributed by atoms with Crippen molar-refractivity contribution >= 4 is 52.4 Å². The number of hydrogen-bond donors (Lipinski definition) is 2. The molecule has 1 aromatic heterocycles. The SMILES string of the molecule is CCCCc1nc(Cl)c(CNc2c(Cl)cc(Cl)cc2C(=O)O)n1Cc1ccc(C(=O)OC)cc1. The molecule has 3 aromatic rings. The zero-order valence-electron chi connectivity index (χ0n) is 18.7. The van der Waals surface area contributed by atoms with Crippen molar-refractivity contribution in [1.29, 1.82) is 0 Å². The molecule has 0 unspecified atom stereocenters. The summed E-state index contributed by atoms with van der Waals surface area (Å²) in [5.41, 5.74) is 2.30. The molecular formula is C24H24Cl3N3O4. The van der Waals surface area contributed by atoms with Crippen molar-refractivity contribution in [2.45, 2.75) is 39.3 Å². The molecule has 3 rings (SSSR count). The van der Waals surface area contributed by atoms with E-state index in [2.05, 4.69) is 17.2 Å². The fourth-order valence-corrected chi connectivity index (χ4v) is 4.35. The number of anilines is 1. The molecule has 0 saturated carbocycles. The van der Waals surface area contributed by atoms with Gasteiger partial charge in [-0.25, -0.2) is 14.6 Å². The predicted molar refractivity (Wildman–Crippen MR) is 133 cm³/mol. The molecule has 0 fully saturated rings. The van der Waals surface area contributed by atoms with Gasteiger partial charge in [0.15, 0.2) is 5.15 Å². The Balaban J connectivity index is 1.93. The van der Waals surface area contributed by atoms with E-state index in [9.17, 15) is 14.7 Å². The number of carbonyl (C=O) groups is 2. The lowest BCUT2D eigenvalue weighted by Gasteiger charge is -2.16. The molecule has 0 aliphatic rings. The molecule has 0 radical (unpaired) electrons. The molecule has 10 heteroatoms. The number of benzene rings is 2. The summed E-state index contributed by atoms with van der Waals surface area (Å²) in [6.07, 6.45) is 2.67. The highest BCUT2D eigenvalue weighted by Gasteiger charge is 2.19. The number of ether oxygens (including phenoxy) is 1. The van der Waals surface area contributed by atoms with E-state index >= 15 is 0 Å². The lowest BCUT2D eigenvalue weighted by molar-refractivity contribution is 0.0599. The van der Waals surface area contributed by atoms with Crippen LogP contribution in [-0.4, -0.2) is 33.7 Å². The number of aromatic carboxylic acids is 1. The topological polar surface area (TPSA) is 93.5 Å². The third-order valence-corrected chi connectivity index (χ3v) is 6.11. The number of halogens is 3. The van der Waals surface area contributed by atoms with Crippen molar-refractivity contribution in [1.82, 2.24) is 9.55 Å². The van der Waals surface area contributed by atoms with Crippen molar-refractivity contribution < 1.29 is 19.4 Å². The number of carboxylic acid groups (broad SMARTS) is 1. The summed E-state index contributed by atoms with van der Waals surface area (Å²) in [5, 5.41) is 13.4. The number of carboxylic acids is 1. The Morgan fingerprint density at radius 2 is 1.85 bits per heavy atom. The minimum atomic E-state index is -1.15. The van der Waals surface area contributed by atoms with Crippen LogP contribution in [-0.2, 0) is 24.2 Å². The molecule has 1 heterocycles. The Labute approximate surface area is 212 Å². The number of carbonyl (C=O) groups excluding carboxylic acids is 1. The van der Waals surface area contributed by atoms with E-state index in [1.54, 1.807) is 12.1 Å². The molecule has 7 nitrogen and oxygen atoms in total. The Kier molecular flexibility index (Phi) is 8.83. The van der Waals surface area contributed by atoms with Gasteiger partial charge in [0.05, 0.1) is 41.2 Å². The van der Waals surface area contributed by atoms with E-state index in [-0.39, 0.29) is 27.8 Å². The molecular weight excluding hydrogens is 501 g/mol. The van der Waals surface area contributed by atoms with Gasteiger partial charge in [-0.05, 0) is 36.2 Å². The van der Waals surface area contributed by atoms with Crippen LogP contribution in [0.4, 0.5) is 5.69 Å². The third-order valence-electron chi connectivity index (χ3n) is 5.29. The average Bonchev–Trinajstić information content (AvgIpc) is 3.10. The van der Waals surface area contributed by atoms with Crippen LogP contribution in [0.1, 0.15) is 57.6 Å². The Bertz CT molecular complexity index is 1190. The number of nitrogens with one attached hydrogen (secondary N) is 1. The van der Waals surface area contributed by atoms with Gasteiger partial charge in [-0.2, -0.15) is 0 Å². The van der Waals surface area contributed by atoms with Crippen LogP contribution in [0.2, 0.25) is 15.2 Å². The number of rotatable bonds is 10. The van der Waals surface area contributed by atoms with Crippen LogP contribution in [0.15, 0.2) is 36.4 Å². The molecule has 0 aliphatic heterocycles. The van der Waals surface area contributed by atoms with E-state index in [0.29, 0.717) is 23.0 Å². The van der Waals surface area contributed by atoms with Gasteiger partial charge in [0.2, 0.25) is 0 Å². The maximum atomic E-state index is 11.7. The van der Waals surface area contributed by atoms with E-state index in [1.807, 2.05) is 16.7 Å². The normalized spacial score (nSPS) is 10.9. The number of imidazole rings is 1. The first kappa shape index (κ1) is 25.9. The van der Waals surface area contributed by atoms with E-state index in [1.165, 1.54) is 19.2 Å². The van der Waals surface area contributed by atoms with E-state index in [0.717, 1.165) is 30.7 Å². The fraction of sp³-hybridized carbons (Fsp3) is 0.292. The maximum absolute atomic E-state index is 11.7. The number of nitrogens with zero attached hydrogens (tertiary/aromatic N) is 2. The van der Waals surface area contributed by atoms with Crippen LogP contribution >= 0.6 is 34.8 Å². The minimum absolute atomic E-state index is 0.0377. The molecule has 0 spiro atoms. The first-order chi connectivity index (χ1) is 16.2. The molecule has 0 saturated heterocycles. The minimum Gasteiger partial charge on any atom is -0.478 e. The molecule has 0 amide bonds. The second kappa shape index (κ2) is 11.6. The summed E-state index contributed by atoms with van der Waals surface area (Å²) in [6, 6.07) is 9.92. The highest BCUT2D eigenvalue weighted by Crippen LogP contribution is 2.31. The highest BCUT2D eigenvalue weighted by atomic mass is 35.5. The number of aromatic nitrogens is 2. The van der Waals surface area contributed by atoms with Crippen LogP contribution in [0.25, 0.3) is 0 Å². The Hall–Kier alpha value is -2.74. The Morgan fingerprint density at radius 3 is 2.47 bits per heavy atom. The molecule has 180 valence electrons. The smallest absolute Gasteiger partial charge is 0.337 e. The molecule has 2 N–H and O–H groups in total. The van der Waals surface area contributed by atoms with Gasteiger partial charge in [0, 0.05) is 18.0 Å². The van der Waals surface area contributed by atoms with Crippen LogP contribution in [0, 0.1) is 0 Å². The number of hydrogen-bond acceptors (Lipinski definition) is 5. The van der Waals surface area contributed by atoms with Crippen molar-refractivity contribution in [2.75, 3.05) is 12.4 Å². The zero-order valence-corrected chi connectivity index (χ0v) is 21.0. The van der Waals surface area contributed by atoms with Gasteiger partial charge in [0.1, 0.15) is 5.82 Å². The summed E-state index contributed by atoms with van der Waals surface area (Å²) in [5.74, 6) is -0.734. The standard InChI is InChI=1S/C24H24Cl3N3O4/c1-3-4-5-20-29-22(27)19(12-28-21-17(23(31)32)10-16(25)11-18(21)26)30(20)13-14-6-8-15(9-7-14)24(33)34-2/h6-11,28H,3-5,12-13H2,1-2H3,(H,31,32). The van der Waals surface area contributed by atoms with Crippen molar-refractivity contribution in [2.24, 2.45) is 0 Å². The summed E-state index contributed by atoms with van der Waals surface area (Å²) < 4.78 is 6.76. The second-order valence-electron chi connectivity index (χ2n) is 7.61. The van der Waals surface area contributed by atoms with Crippen LogP contribution in [0.3, 0.4) is 0 Å². The van der Waals surface area contributed by atoms with E-state index in [4.69, 9.17) is 39.5 Å². The number of aryl methyl sites for hydroxylation is 1. The zero-order chi connectivity index (χ0) is 24.8. The van der Waals surface area contributed by atoms with Gasteiger partial charge in [-0.3, -0.25) is 0 Å². The number of unbranched alkanes of at least 4 members (excludes halogenated alkanes) is 1. The van der Waals surface area contributed by atoms with Gasteiger partial charge in [-0.1, -0.05) is 60.3 Å². The predicted octanol–water partition coefficient (Wildman–Crippen LogP) is 6.33. The molecule has 34 heavy (non-hydrogen) atoms. The van der Waals surface area contributed by atoms with Crippen LogP contribution in [0.5, 0.6) is 0 Å². The first-order valence-corrected chi connectivity index (χ1v) is 11.8. The molecule has 0 bridgehead atoms. The average molecular weight is 525 g/mol. The van der Waals surface area contributed by atoms with E-state index < -0.39 is 11.9 Å². The largest absolute Gasteiger partial charge is 0.478 e. The van der Waals surface area contributed by atoms with Crippen LogP contribution < -0.4 is 5.32 Å². The van der Waals surface area contributed by atoms with Gasteiger partial charge in [0.25, 0.3) is 0 Å². The van der Waals surface area contributed by atoms with Crippen molar-refractivity contribution in [3.63, 3.8) is 0 Å². The summed E-state index contributed by atoms with van der Waals surface area (Å²) in [7, 11) is 1.34. The summed E-state index contributed by atoms with van der Waals surface area (Å²) in [6.45, 7) is 2.76. The van der Waals surface area contributed by atoms with Gasteiger partial charge >= 0.3 is 11.9 Å². The maximum Gasteiger partial charge on any atom is 0.337 e. The first-order valence-electron chi connectivity index (χ1n) is 10.6. The molecule has 2 aromatic carbocycles. The van der Waals surface area contributed by atoms with Crippen molar-refractivity contribution in [3.8, 4) is 0 Å². The molecule has 0 atom stereocenters. The lowest BCUT2D eigenvalue weighted by Crippen LogP contribution is -2.14. The third kappa shape index (κ3) is 6.03. The fourth-order valence-electron chi connectivity index (χ4n) is 3.53. The molecule has 0 aliphatic carbocycles. The number of methoxy groups -OCH3 is 1. The summed E-state index contributed by atoms with van der Waals surface area (Å²) >= 11 is 18.8. The lowest BCUT2D eigenvalue weighted by atomic mass is 10.1.